The second-order valence-corrected chi connectivity index (χ2v) is 5.37. The smallest absolute Gasteiger partial charge is 0.0700 e. The van der Waals surface area contributed by atoms with Crippen molar-refractivity contribution in [2.75, 3.05) is 32.8 Å². The quantitative estimate of drug-likeness (QED) is 0.751. The van der Waals surface area contributed by atoms with E-state index in [0.29, 0.717) is 6.10 Å². The minimum absolute atomic E-state index is 0.274. The zero-order valence-corrected chi connectivity index (χ0v) is 11.4. The van der Waals surface area contributed by atoms with Crippen molar-refractivity contribution in [3.63, 3.8) is 0 Å². The van der Waals surface area contributed by atoms with E-state index in [-0.39, 0.29) is 5.54 Å². The van der Waals surface area contributed by atoms with Gasteiger partial charge in [-0.15, -0.1) is 0 Å². The molecule has 1 saturated heterocycles. The standard InChI is InChI=1S/C13H28N2O/c1-5-12-11-15(9-10-16-12)8-7-14-13(3,4)6-2/h12,14H,5-11H2,1-4H3. The van der Waals surface area contributed by atoms with E-state index in [1.165, 1.54) is 6.42 Å². The average Bonchev–Trinajstić information content (AvgIpc) is 2.29. The molecule has 0 radical (unpaired) electrons. The van der Waals surface area contributed by atoms with Crippen molar-refractivity contribution in [1.29, 1.82) is 0 Å². The number of ether oxygens (including phenoxy) is 1. The number of hydrogen-bond acceptors (Lipinski definition) is 3. The predicted octanol–water partition coefficient (Wildman–Crippen LogP) is 1.88. The molecule has 1 heterocycles. The maximum atomic E-state index is 5.66. The Morgan fingerprint density at radius 3 is 2.75 bits per heavy atom. The highest BCUT2D eigenvalue weighted by molar-refractivity contribution is 4.77. The lowest BCUT2D eigenvalue weighted by Gasteiger charge is -2.33. The molecule has 1 aliphatic heterocycles. The van der Waals surface area contributed by atoms with Crippen LogP contribution >= 0.6 is 0 Å². The van der Waals surface area contributed by atoms with Gasteiger partial charge in [0.1, 0.15) is 0 Å². The van der Waals surface area contributed by atoms with Crippen molar-refractivity contribution in [1.82, 2.24) is 10.2 Å². The van der Waals surface area contributed by atoms with Crippen molar-refractivity contribution in [2.45, 2.75) is 52.2 Å². The number of nitrogens with zero attached hydrogens (tertiary/aromatic N) is 1. The maximum Gasteiger partial charge on any atom is 0.0700 e. The number of nitrogens with one attached hydrogen (secondary N) is 1. The lowest BCUT2D eigenvalue weighted by Crippen LogP contribution is -2.47. The summed E-state index contributed by atoms with van der Waals surface area (Å²) < 4.78 is 5.66. The summed E-state index contributed by atoms with van der Waals surface area (Å²) in [7, 11) is 0. The van der Waals surface area contributed by atoms with Gasteiger partial charge in [-0.3, -0.25) is 4.90 Å². The Hall–Kier alpha value is -0.120. The van der Waals surface area contributed by atoms with Gasteiger partial charge in [0, 0.05) is 31.7 Å². The van der Waals surface area contributed by atoms with E-state index in [2.05, 4.69) is 37.9 Å². The molecule has 1 N–H and O–H groups in total. The van der Waals surface area contributed by atoms with E-state index in [4.69, 9.17) is 4.74 Å². The normalized spacial score (nSPS) is 23.6. The summed E-state index contributed by atoms with van der Waals surface area (Å²) in [5, 5.41) is 3.61. The third-order valence-corrected chi connectivity index (χ3v) is 3.59. The van der Waals surface area contributed by atoms with Crippen molar-refractivity contribution in [3.8, 4) is 0 Å². The lowest BCUT2D eigenvalue weighted by molar-refractivity contribution is -0.0294. The highest BCUT2D eigenvalue weighted by Crippen LogP contribution is 2.09. The fourth-order valence-electron chi connectivity index (χ4n) is 1.91. The van der Waals surface area contributed by atoms with Crippen LogP contribution in [0.25, 0.3) is 0 Å². The van der Waals surface area contributed by atoms with Crippen LogP contribution in [0, 0.1) is 0 Å². The van der Waals surface area contributed by atoms with Crippen LogP contribution in [-0.2, 0) is 4.74 Å². The van der Waals surface area contributed by atoms with Gasteiger partial charge in [-0.05, 0) is 26.7 Å². The Morgan fingerprint density at radius 2 is 2.12 bits per heavy atom. The van der Waals surface area contributed by atoms with Gasteiger partial charge in [0.05, 0.1) is 12.7 Å². The second kappa shape index (κ2) is 6.58. The van der Waals surface area contributed by atoms with E-state index < -0.39 is 0 Å². The summed E-state index contributed by atoms with van der Waals surface area (Å²) >= 11 is 0. The molecule has 0 saturated carbocycles. The van der Waals surface area contributed by atoms with Crippen LogP contribution in [-0.4, -0.2) is 49.3 Å². The number of morpholine rings is 1. The summed E-state index contributed by atoms with van der Waals surface area (Å²) in [6, 6.07) is 0. The van der Waals surface area contributed by atoms with Crippen LogP contribution in [0.4, 0.5) is 0 Å². The zero-order valence-electron chi connectivity index (χ0n) is 11.4. The van der Waals surface area contributed by atoms with Crippen molar-refractivity contribution >= 4 is 0 Å². The summed E-state index contributed by atoms with van der Waals surface area (Å²) in [6.45, 7) is 14.3. The molecule has 1 fully saturated rings. The largest absolute Gasteiger partial charge is 0.376 e. The van der Waals surface area contributed by atoms with Gasteiger partial charge in [-0.2, -0.15) is 0 Å². The Balaban J connectivity index is 2.17. The van der Waals surface area contributed by atoms with Crippen LogP contribution in [0.15, 0.2) is 0 Å². The van der Waals surface area contributed by atoms with Gasteiger partial charge in [-0.25, -0.2) is 0 Å². The van der Waals surface area contributed by atoms with Crippen LogP contribution in [0.5, 0.6) is 0 Å². The molecule has 0 aliphatic carbocycles. The molecule has 0 bridgehead atoms. The highest BCUT2D eigenvalue weighted by atomic mass is 16.5. The molecule has 96 valence electrons. The molecule has 1 rings (SSSR count). The van der Waals surface area contributed by atoms with E-state index in [0.717, 1.165) is 39.2 Å². The fraction of sp³-hybridized carbons (Fsp3) is 1.00. The molecule has 1 unspecified atom stereocenters. The fourth-order valence-corrected chi connectivity index (χ4v) is 1.91. The molecule has 3 heteroatoms. The third-order valence-electron chi connectivity index (χ3n) is 3.59. The average molecular weight is 228 g/mol. The summed E-state index contributed by atoms with van der Waals surface area (Å²) in [6.07, 6.45) is 2.76. The van der Waals surface area contributed by atoms with Crippen LogP contribution < -0.4 is 5.32 Å². The molecule has 0 aromatic heterocycles. The minimum atomic E-state index is 0.274. The molecular formula is C13H28N2O. The monoisotopic (exact) mass is 228 g/mol. The first-order valence-corrected chi connectivity index (χ1v) is 6.66. The van der Waals surface area contributed by atoms with Crippen molar-refractivity contribution in [3.05, 3.63) is 0 Å². The Labute approximate surface area is 101 Å². The van der Waals surface area contributed by atoms with E-state index in [1.807, 2.05) is 0 Å². The molecular weight excluding hydrogens is 200 g/mol. The predicted molar refractivity (Wildman–Crippen MR) is 68.8 cm³/mol. The van der Waals surface area contributed by atoms with Gasteiger partial charge < -0.3 is 10.1 Å². The minimum Gasteiger partial charge on any atom is -0.376 e. The first kappa shape index (κ1) is 13.9. The lowest BCUT2D eigenvalue weighted by atomic mass is 10.0. The highest BCUT2D eigenvalue weighted by Gasteiger charge is 2.19. The van der Waals surface area contributed by atoms with Crippen LogP contribution in [0.3, 0.4) is 0 Å². The Bertz CT molecular complexity index is 194. The first-order chi connectivity index (χ1) is 7.57. The molecule has 1 aliphatic rings. The number of hydrogen-bond donors (Lipinski definition) is 1. The molecule has 0 aromatic carbocycles. The zero-order chi connectivity index (χ0) is 12.0. The topological polar surface area (TPSA) is 24.5 Å². The van der Waals surface area contributed by atoms with E-state index in [1.54, 1.807) is 0 Å². The third kappa shape index (κ3) is 4.81. The first-order valence-electron chi connectivity index (χ1n) is 6.66. The second-order valence-electron chi connectivity index (χ2n) is 5.37. The Morgan fingerprint density at radius 1 is 1.38 bits per heavy atom. The van der Waals surface area contributed by atoms with Gasteiger partial charge in [0.25, 0.3) is 0 Å². The van der Waals surface area contributed by atoms with Gasteiger partial charge in [0.2, 0.25) is 0 Å². The molecule has 0 amide bonds. The summed E-state index contributed by atoms with van der Waals surface area (Å²) in [5.74, 6) is 0. The van der Waals surface area contributed by atoms with E-state index in [9.17, 15) is 0 Å². The van der Waals surface area contributed by atoms with Crippen LogP contribution in [0.2, 0.25) is 0 Å². The van der Waals surface area contributed by atoms with Crippen molar-refractivity contribution in [2.24, 2.45) is 0 Å². The molecule has 0 aromatic rings. The molecule has 1 atom stereocenters. The van der Waals surface area contributed by atoms with Gasteiger partial charge >= 0.3 is 0 Å². The van der Waals surface area contributed by atoms with Gasteiger partial charge in [0.15, 0.2) is 0 Å². The van der Waals surface area contributed by atoms with Crippen LogP contribution in [0.1, 0.15) is 40.5 Å². The van der Waals surface area contributed by atoms with Gasteiger partial charge in [-0.1, -0.05) is 13.8 Å². The molecule has 0 spiro atoms. The molecule has 3 nitrogen and oxygen atoms in total. The van der Waals surface area contributed by atoms with E-state index >= 15 is 0 Å². The molecule has 16 heavy (non-hydrogen) atoms. The SMILES string of the molecule is CCC1CN(CCNC(C)(C)CC)CCO1. The van der Waals surface area contributed by atoms with Crippen molar-refractivity contribution < 1.29 is 4.74 Å². The maximum absolute atomic E-state index is 5.66. The Kier molecular flexibility index (Phi) is 5.73. The number of rotatable bonds is 6. The summed E-state index contributed by atoms with van der Waals surface area (Å²) in [5.41, 5.74) is 0.274. The summed E-state index contributed by atoms with van der Waals surface area (Å²) in [4.78, 5) is 2.51.